The van der Waals surface area contributed by atoms with Crippen molar-refractivity contribution in [3.63, 3.8) is 0 Å². The van der Waals surface area contributed by atoms with Crippen LogP contribution in [0.15, 0.2) is 18.2 Å². The van der Waals surface area contributed by atoms with E-state index in [2.05, 4.69) is 5.32 Å². The van der Waals surface area contributed by atoms with Gasteiger partial charge in [0, 0.05) is 18.2 Å². The summed E-state index contributed by atoms with van der Waals surface area (Å²) in [4.78, 5) is 22.5. The summed E-state index contributed by atoms with van der Waals surface area (Å²) in [6.07, 6.45) is 1.84. The van der Waals surface area contributed by atoms with Gasteiger partial charge in [0.2, 0.25) is 5.91 Å². The first-order valence-corrected chi connectivity index (χ1v) is 6.21. The number of methoxy groups -OCH3 is 1. The number of hydrogen-bond acceptors (Lipinski definition) is 3. The summed E-state index contributed by atoms with van der Waals surface area (Å²) < 4.78 is 5.24. The van der Waals surface area contributed by atoms with Gasteiger partial charge in [-0.25, -0.2) is 0 Å². The number of hydrogen-bond donors (Lipinski definition) is 2. The molecule has 2 N–H and O–H groups in total. The van der Waals surface area contributed by atoms with Crippen molar-refractivity contribution in [3.05, 3.63) is 23.8 Å². The Kier molecular flexibility index (Phi) is 3.74. The molecule has 1 saturated carbocycles. The molecule has 0 radical (unpaired) electrons. The first-order valence-electron chi connectivity index (χ1n) is 6.21. The predicted octanol–water partition coefficient (Wildman–Crippen LogP) is 2.23. The van der Waals surface area contributed by atoms with Crippen LogP contribution in [0.1, 0.15) is 31.2 Å². The van der Waals surface area contributed by atoms with E-state index in [4.69, 9.17) is 4.74 Å². The highest BCUT2D eigenvalue weighted by atomic mass is 16.5. The van der Waals surface area contributed by atoms with E-state index in [0.29, 0.717) is 17.0 Å². The second-order valence-electron chi connectivity index (χ2n) is 4.79. The Balaban J connectivity index is 2.39. The van der Waals surface area contributed by atoms with Gasteiger partial charge in [-0.15, -0.1) is 0 Å². The fraction of sp³-hybridized carbons (Fsp3) is 0.429. The largest absolute Gasteiger partial charge is 0.496 e. The number of amides is 1. The lowest BCUT2D eigenvalue weighted by Gasteiger charge is -2.17. The Morgan fingerprint density at radius 3 is 2.58 bits per heavy atom. The number of aliphatic carboxylic acids is 1. The summed E-state index contributed by atoms with van der Waals surface area (Å²) in [5.74, 6) is -0.883. The average molecular weight is 263 g/mol. The fourth-order valence-electron chi connectivity index (χ4n) is 2.28. The molecule has 0 aromatic heterocycles. The van der Waals surface area contributed by atoms with Crippen molar-refractivity contribution in [2.45, 2.75) is 25.7 Å². The van der Waals surface area contributed by atoms with Gasteiger partial charge in [0.05, 0.1) is 13.0 Å². The van der Waals surface area contributed by atoms with Crippen molar-refractivity contribution in [2.24, 2.45) is 5.92 Å². The lowest BCUT2D eigenvalue weighted by Crippen LogP contribution is -2.15. The van der Waals surface area contributed by atoms with E-state index in [9.17, 15) is 14.7 Å². The molecule has 1 aromatic carbocycles. The Morgan fingerprint density at radius 2 is 2.11 bits per heavy atom. The molecular weight excluding hydrogens is 246 g/mol. The van der Waals surface area contributed by atoms with Gasteiger partial charge in [-0.2, -0.15) is 0 Å². The molecule has 0 bridgehead atoms. The third-order valence-corrected chi connectivity index (χ3v) is 3.24. The van der Waals surface area contributed by atoms with E-state index in [1.807, 2.05) is 0 Å². The highest BCUT2D eigenvalue weighted by molar-refractivity contribution is 5.89. The number of rotatable bonds is 5. The SMILES string of the molecule is COc1ccc(NC(C)=O)cc1C(C(=O)O)C1CC1. The molecule has 19 heavy (non-hydrogen) atoms. The molecule has 1 unspecified atom stereocenters. The van der Waals surface area contributed by atoms with Gasteiger partial charge in [0.25, 0.3) is 0 Å². The highest BCUT2D eigenvalue weighted by Crippen LogP contribution is 2.45. The Hall–Kier alpha value is -2.04. The zero-order valence-electron chi connectivity index (χ0n) is 11.0. The number of carbonyl (C=O) groups excluding carboxylic acids is 1. The number of benzene rings is 1. The predicted molar refractivity (Wildman–Crippen MR) is 70.4 cm³/mol. The van der Waals surface area contributed by atoms with E-state index >= 15 is 0 Å². The van der Waals surface area contributed by atoms with Crippen LogP contribution in [0.2, 0.25) is 0 Å². The number of ether oxygens (including phenoxy) is 1. The van der Waals surface area contributed by atoms with E-state index in [-0.39, 0.29) is 11.8 Å². The van der Waals surface area contributed by atoms with Gasteiger partial charge < -0.3 is 15.2 Å². The second-order valence-corrected chi connectivity index (χ2v) is 4.79. The van der Waals surface area contributed by atoms with Crippen LogP contribution in [0.3, 0.4) is 0 Å². The van der Waals surface area contributed by atoms with E-state index in [1.54, 1.807) is 18.2 Å². The molecule has 1 atom stereocenters. The molecular formula is C14H17NO4. The molecule has 5 nitrogen and oxygen atoms in total. The van der Waals surface area contributed by atoms with Crippen molar-refractivity contribution in [2.75, 3.05) is 12.4 Å². The van der Waals surface area contributed by atoms with Crippen molar-refractivity contribution in [1.82, 2.24) is 0 Å². The highest BCUT2D eigenvalue weighted by Gasteiger charge is 2.39. The first kappa shape index (κ1) is 13.4. The number of carboxylic acids is 1. The average Bonchev–Trinajstić information content (AvgIpc) is 3.13. The number of anilines is 1. The Morgan fingerprint density at radius 1 is 1.42 bits per heavy atom. The summed E-state index contributed by atoms with van der Waals surface area (Å²) in [6, 6.07) is 5.09. The molecule has 1 fully saturated rings. The van der Waals surface area contributed by atoms with Crippen molar-refractivity contribution in [1.29, 1.82) is 0 Å². The van der Waals surface area contributed by atoms with Gasteiger partial charge >= 0.3 is 5.97 Å². The molecule has 5 heteroatoms. The van der Waals surface area contributed by atoms with Crippen molar-refractivity contribution in [3.8, 4) is 5.75 Å². The smallest absolute Gasteiger partial charge is 0.311 e. The maximum atomic E-state index is 11.4. The summed E-state index contributed by atoms with van der Waals surface area (Å²) in [5, 5.41) is 12.0. The van der Waals surface area contributed by atoms with Crippen LogP contribution in [-0.4, -0.2) is 24.1 Å². The molecule has 0 spiro atoms. The lowest BCUT2D eigenvalue weighted by molar-refractivity contribution is -0.139. The molecule has 0 saturated heterocycles. The normalized spacial score (nSPS) is 15.7. The molecule has 1 amide bonds. The maximum absolute atomic E-state index is 11.4. The van der Waals surface area contributed by atoms with Crippen LogP contribution >= 0.6 is 0 Å². The molecule has 0 heterocycles. The van der Waals surface area contributed by atoms with Crippen LogP contribution < -0.4 is 10.1 Å². The monoisotopic (exact) mass is 263 g/mol. The Labute approximate surface area is 111 Å². The second kappa shape index (κ2) is 5.30. The maximum Gasteiger partial charge on any atom is 0.311 e. The van der Waals surface area contributed by atoms with Gasteiger partial charge in [-0.1, -0.05) is 0 Å². The molecule has 102 valence electrons. The summed E-state index contributed by atoms with van der Waals surface area (Å²) in [5.41, 5.74) is 1.22. The zero-order valence-corrected chi connectivity index (χ0v) is 11.0. The minimum absolute atomic E-state index is 0.166. The van der Waals surface area contributed by atoms with Crippen LogP contribution in [0.4, 0.5) is 5.69 Å². The molecule has 2 rings (SSSR count). The fourth-order valence-corrected chi connectivity index (χ4v) is 2.28. The van der Waals surface area contributed by atoms with Crippen molar-refractivity contribution >= 4 is 17.6 Å². The topological polar surface area (TPSA) is 75.6 Å². The quantitative estimate of drug-likeness (QED) is 0.854. The zero-order chi connectivity index (χ0) is 14.0. The van der Waals surface area contributed by atoms with E-state index in [0.717, 1.165) is 12.8 Å². The van der Waals surface area contributed by atoms with Gasteiger partial charge in [0.15, 0.2) is 0 Å². The summed E-state index contributed by atoms with van der Waals surface area (Å²) >= 11 is 0. The van der Waals surface area contributed by atoms with E-state index in [1.165, 1.54) is 14.0 Å². The number of carboxylic acid groups (broad SMARTS) is 1. The van der Waals surface area contributed by atoms with E-state index < -0.39 is 11.9 Å². The van der Waals surface area contributed by atoms with Crippen LogP contribution in [0.5, 0.6) is 5.75 Å². The third-order valence-electron chi connectivity index (χ3n) is 3.24. The molecule has 1 aliphatic rings. The standard InChI is InChI=1S/C14H17NO4/c1-8(16)15-10-5-6-12(19-2)11(7-10)13(14(17)18)9-3-4-9/h5-7,9,13H,3-4H2,1-2H3,(H,15,16)(H,17,18). The summed E-state index contributed by atoms with van der Waals surface area (Å²) in [6.45, 7) is 1.42. The van der Waals surface area contributed by atoms with Gasteiger partial charge in [-0.3, -0.25) is 9.59 Å². The van der Waals surface area contributed by atoms with Gasteiger partial charge in [0.1, 0.15) is 5.75 Å². The third kappa shape index (κ3) is 3.05. The number of carbonyl (C=O) groups is 2. The minimum atomic E-state index is -0.847. The molecule has 0 aliphatic heterocycles. The van der Waals surface area contributed by atoms with Crippen molar-refractivity contribution < 1.29 is 19.4 Å². The molecule has 1 aromatic rings. The Bertz CT molecular complexity index is 508. The number of nitrogens with one attached hydrogen (secondary N) is 1. The minimum Gasteiger partial charge on any atom is -0.496 e. The van der Waals surface area contributed by atoms with Crippen LogP contribution in [0.25, 0.3) is 0 Å². The van der Waals surface area contributed by atoms with Crippen LogP contribution in [-0.2, 0) is 9.59 Å². The van der Waals surface area contributed by atoms with Gasteiger partial charge in [-0.05, 0) is 37.0 Å². The first-order chi connectivity index (χ1) is 9.02. The summed E-state index contributed by atoms with van der Waals surface area (Å²) in [7, 11) is 1.52. The molecule has 1 aliphatic carbocycles. The van der Waals surface area contributed by atoms with Crippen LogP contribution in [0, 0.1) is 5.92 Å². The lowest BCUT2D eigenvalue weighted by atomic mass is 9.93.